The highest BCUT2D eigenvalue weighted by molar-refractivity contribution is 5.84. The van der Waals surface area contributed by atoms with Gasteiger partial charge >= 0.3 is 0 Å². The van der Waals surface area contributed by atoms with Crippen LogP contribution in [0.5, 0.6) is 5.75 Å². The van der Waals surface area contributed by atoms with Gasteiger partial charge in [0.2, 0.25) is 0 Å². The van der Waals surface area contributed by atoms with Crippen molar-refractivity contribution in [3.8, 4) is 5.75 Å². The fraction of sp³-hybridized carbons (Fsp3) is 0.625. The van der Waals surface area contributed by atoms with Crippen LogP contribution in [0.2, 0.25) is 0 Å². The highest BCUT2D eigenvalue weighted by Gasteiger charge is 2.02. The molecule has 4 heteroatoms. The van der Waals surface area contributed by atoms with Crippen molar-refractivity contribution in [3.05, 3.63) is 36.0 Å². The number of nitrogens with two attached hydrogens (primary N) is 1. The first-order valence-electron chi connectivity index (χ1n) is 11.3. The van der Waals surface area contributed by atoms with Gasteiger partial charge in [0, 0.05) is 11.1 Å². The molecule has 1 aromatic heterocycles. The maximum Gasteiger partial charge on any atom is 0.141 e. The Labute approximate surface area is 170 Å². The molecule has 156 valence electrons. The Morgan fingerprint density at radius 2 is 1.39 bits per heavy atom. The van der Waals surface area contributed by atoms with Crippen LogP contribution in [-0.2, 0) is 6.42 Å². The van der Waals surface area contributed by atoms with E-state index in [0.717, 1.165) is 49.1 Å². The summed E-state index contributed by atoms with van der Waals surface area (Å²) in [6, 6.07) is 9.69. The second-order valence-corrected chi connectivity index (χ2v) is 7.83. The normalized spacial score (nSPS) is 11.3. The Balaban J connectivity index is 1.41. The summed E-state index contributed by atoms with van der Waals surface area (Å²) in [4.78, 5) is 4.61. The number of hydrogen-bond acceptors (Lipinski definition) is 4. The minimum absolute atomic E-state index is 0.275. The average Bonchev–Trinajstić information content (AvgIpc) is 2.71. The summed E-state index contributed by atoms with van der Waals surface area (Å²) in [6.07, 6.45) is 15.1. The van der Waals surface area contributed by atoms with E-state index >= 15 is 0 Å². The van der Waals surface area contributed by atoms with Crippen molar-refractivity contribution < 1.29 is 5.11 Å². The van der Waals surface area contributed by atoms with Crippen molar-refractivity contribution >= 4 is 10.9 Å². The molecule has 0 aliphatic carbocycles. The van der Waals surface area contributed by atoms with Crippen molar-refractivity contribution in [2.45, 2.75) is 77.0 Å². The first kappa shape index (κ1) is 22.6. The van der Waals surface area contributed by atoms with E-state index in [1.54, 1.807) is 6.07 Å². The number of rotatable bonds is 16. The molecule has 0 radical (unpaired) electrons. The van der Waals surface area contributed by atoms with Crippen LogP contribution in [0.25, 0.3) is 10.9 Å². The molecule has 28 heavy (non-hydrogen) atoms. The minimum atomic E-state index is 0.275. The Hall–Kier alpha value is -1.65. The van der Waals surface area contributed by atoms with E-state index in [2.05, 4.69) is 22.4 Å². The largest absolute Gasteiger partial charge is 0.506 e. The molecule has 1 aromatic carbocycles. The van der Waals surface area contributed by atoms with Crippen LogP contribution in [0.1, 0.15) is 76.3 Å². The summed E-state index contributed by atoms with van der Waals surface area (Å²) in [5.74, 6) is 0.275. The number of phenols is 1. The molecule has 4 N–H and O–H groups in total. The average molecular weight is 386 g/mol. The zero-order chi connectivity index (χ0) is 19.9. The van der Waals surface area contributed by atoms with Crippen molar-refractivity contribution in [2.24, 2.45) is 5.73 Å². The van der Waals surface area contributed by atoms with Gasteiger partial charge in [-0.15, -0.1) is 0 Å². The van der Waals surface area contributed by atoms with Crippen molar-refractivity contribution in [2.75, 3.05) is 19.6 Å². The van der Waals surface area contributed by atoms with Crippen molar-refractivity contribution in [1.29, 1.82) is 0 Å². The molecule has 4 nitrogen and oxygen atoms in total. The molecule has 1 heterocycles. The first-order valence-corrected chi connectivity index (χ1v) is 11.3. The molecule has 2 rings (SSSR count). The maximum atomic E-state index is 9.93. The van der Waals surface area contributed by atoms with Crippen LogP contribution in [0.4, 0.5) is 0 Å². The third kappa shape index (κ3) is 9.03. The molecule has 0 bridgehead atoms. The Bertz CT molecular complexity index is 659. The SMILES string of the molecule is NCCCCCCCCCNCCCCCCc1ccc2cccc(O)c2n1. The van der Waals surface area contributed by atoms with Gasteiger partial charge < -0.3 is 16.2 Å². The van der Waals surface area contributed by atoms with Gasteiger partial charge in [-0.25, -0.2) is 4.98 Å². The molecule has 0 atom stereocenters. The van der Waals surface area contributed by atoms with Gasteiger partial charge in [0.05, 0.1) is 0 Å². The standard InChI is InChI=1S/C24H39N3O/c25-18-9-5-2-1-3-6-10-19-26-20-11-7-4-8-14-22-17-16-21-13-12-15-23(28)24(21)27-22/h12-13,15-17,26,28H,1-11,14,18-20,25H2. The van der Waals surface area contributed by atoms with Crippen LogP contribution in [0.3, 0.4) is 0 Å². The van der Waals surface area contributed by atoms with Crippen LogP contribution in [-0.4, -0.2) is 29.7 Å². The van der Waals surface area contributed by atoms with E-state index in [9.17, 15) is 5.11 Å². The number of benzene rings is 1. The molecular weight excluding hydrogens is 346 g/mol. The van der Waals surface area contributed by atoms with Crippen LogP contribution in [0, 0.1) is 0 Å². The molecular formula is C24H39N3O. The number of aromatic nitrogens is 1. The number of aromatic hydroxyl groups is 1. The van der Waals surface area contributed by atoms with Gasteiger partial charge in [-0.2, -0.15) is 0 Å². The predicted molar refractivity (Wildman–Crippen MR) is 120 cm³/mol. The summed E-state index contributed by atoms with van der Waals surface area (Å²) < 4.78 is 0. The fourth-order valence-electron chi connectivity index (χ4n) is 3.62. The topological polar surface area (TPSA) is 71.2 Å². The van der Waals surface area contributed by atoms with E-state index in [4.69, 9.17) is 5.73 Å². The first-order chi connectivity index (χ1) is 13.8. The van der Waals surface area contributed by atoms with E-state index in [-0.39, 0.29) is 5.75 Å². The number of nitrogens with zero attached hydrogens (tertiary/aromatic N) is 1. The Kier molecular flexibility index (Phi) is 11.6. The van der Waals surface area contributed by atoms with E-state index in [1.807, 2.05) is 12.1 Å². The molecule has 0 spiro atoms. The summed E-state index contributed by atoms with van der Waals surface area (Å²) >= 11 is 0. The number of phenolic OH excluding ortho intramolecular Hbond substituents is 1. The van der Waals surface area contributed by atoms with Gasteiger partial charge in [0.1, 0.15) is 11.3 Å². The van der Waals surface area contributed by atoms with E-state index in [0.29, 0.717) is 0 Å². The van der Waals surface area contributed by atoms with Gasteiger partial charge in [-0.05, 0) is 63.9 Å². The lowest BCUT2D eigenvalue weighted by molar-refractivity contribution is 0.480. The molecule has 0 unspecified atom stereocenters. The lowest BCUT2D eigenvalue weighted by atomic mass is 10.1. The number of fused-ring (bicyclic) bond motifs is 1. The smallest absolute Gasteiger partial charge is 0.141 e. The lowest BCUT2D eigenvalue weighted by Gasteiger charge is -2.06. The van der Waals surface area contributed by atoms with Gasteiger partial charge in [0.25, 0.3) is 0 Å². The van der Waals surface area contributed by atoms with Crippen LogP contribution < -0.4 is 11.1 Å². The highest BCUT2D eigenvalue weighted by Crippen LogP contribution is 2.22. The van der Waals surface area contributed by atoms with Gasteiger partial charge in [-0.1, -0.05) is 63.1 Å². The Morgan fingerprint density at radius 1 is 0.750 bits per heavy atom. The van der Waals surface area contributed by atoms with Crippen molar-refractivity contribution in [1.82, 2.24) is 10.3 Å². The van der Waals surface area contributed by atoms with Gasteiger partial charge in [-0.3, -0.25) is 0 Å². The number of aryl methyl sites for hydroxylation is 1. The predicted octanol–water partition coefficient (Wildman–Crippen LogP) is 5.32. The summed E-state index contributed by atoms with van der Waals surface area (Å²) in [7, 11) is 0. The fourth-order valence-corrected chi connectivity index (χ4v) is 3.62. The highest BCUT2D eigenvalue weighted by atomic mass is 16.3. The molecule has 2 aromatic rings. The third-order valence-corrected chi connectivity index (χ3v) is 5.35. The lowest BCUT2D eigenvalue weighted by Crippen LogP contribution is -2.16. The molecule has 0 amide bonds. The number of hydrogen-bond donors (Lipinski definition) is 3. The summed E-state index contributed by atoms with van der Waals surface area (Å²) in [5, 5.41) is 14.5. The zero-order valence-electron chi connectivity index (χ0n) is 17.5. The van der Waals surface area contributed by atoms with Crippen LogP contribution in [0.15, 0.2) is 30.3 Å². The quantitative estimate of drug-likeness (QED) is 0.342. The zero-order valence-corrected chi connectivity index (χ0v) is 17.5. The van der Waals surface area contributed by atoms with Crippen LogP contribution >= 0.6 is 0 Å². The monoisotopic (exact) mass is 385 g/mol. The number of nitrogens with one attached hydrogen (secondary N) is 1. The third-order valence-electron chi connectivity index (χ3n) is 5.35. The molecule has 0 aliphatic heterocycles. The molecule has 0 saturated carbocycles. The summed E-state index contributed by atoms with van der Waals surface area (Å²) in [5.41, 5.74) is 7.31. The van der Waals surface area contributed by atoms with Crippen molar-refractivity contribution in [3.63, 3.8) is 0 Å². The summed E-state index contributed by atoms with van der Waals surface area (Å²) in [6.45, 7) is 3.14. The Morgan fingerprint density at radius 3 is 2.11 bits per heavy atom. The van der Waals surface area contributed by atoms with E-state index < -0.39 is 0 Å². The van der Waals surface area contributed by atoms with Gasteiger partial charge in [0.15, 0.2) is 0 Å². The minimum Gasteiger partial charge on any atom is -0.506 e. The number of para-hydroxylation sites is 1. The second-order valence-electron chi connectivity index (χ2n) is 7.83. The molecule has 0 aliphatic rings. The number of unbranched alkanes of at least 4 members (excludes halogenated alkanes) is 9. The number of pyridine rings is 1. The maximum absolute atomic E-state index is 9.93. The molecule has 0 saturated heterocycles. The second kappa shape index (κ2) is 14.4. The van der Waals surface area contributed by atoms with E-state index in [1.165, 1.54) is 64.2 Å². The molecule has 0 fully saturated rings.